The summed E-state index contributed by atoms with van der Waals surface area (Å²) in [6.07, 6.45) is 0. The fraction of sp³-hybridized carbons (Fsp3) is 0.238. The molecule has 0 spiro atoms. The molecule has 3 aromatic rings. The van der Waals surface area contributed by atoms with Gasteiger partial charge in [0.25, 0.3) is 5.91 Å². The van der Waals surface area contributed by atoms with Crippen LogP contribution < -0.4 is 5.32 Å². The van der Waals surface area contributed by atoms with Crippen LogP contribution in [0.15, 0.2) is 46.7 Å². The Morgan fingerprint density at radius 2 is 1.75 bits per heavy atom. The Kier molecular flexibility index (Phi) is 5.67. The van der Waals surface area contributed by atoms with Crippen LogP contribution in [0.5, 0.6) is 0 Å². The van der Waals surface area contributed by atoms with E-state index in [1.165, 1.54) is 29.0 Å². The van der Waals surface area contributed by atoms with Crippen LogP contribution >= 0.6 is 11.3 Å². The second-order valence-corrected chi connectivity index (χ2v) is 9.77. The number of thiazole rings is 1. The topological polar surface area (TPSA) is 76.1 Å². The molecule has 1 aromatic heterocycles. The summed E-state index contributed by atoms with van der Waals surface area (Å²) in [5.74, 6) is -0.545. The predicted octanol–water partition coefficient (Wildman–Crippen LogP) is 4.78. The Bertz CT molecular complexity index is 1120. The van der Waals surface area contributed by atoms with Gasteiger partial charge in [-0.2, -0.15) is 0 Å². The van der Waals surface area contributed by atoms with Crippen LogP contribution in [0.1, 0.15) is 34.0 Å². The van der Waals surface area contributed by atoms with Crippen molar-refractivity contribution in [1.82, 2.24) is 4.98 Å². The molecule has 0 saturated carbocycles. The molecule has 2 aromatic carbocycles. The monoisotopic (exact) mass is 414 g/mol. The number of hydrogen-bond acceptors (Lipinski definition) is 5. The van der Waals surface area contributed by atoms with Crippen molar-refractivity contribution < 1.29 is 13.2 Å². The lowest BCUT2D eigenvalue weighted by Gasteiger charge is -2.09. The van der Waals surface area contributed by atoms with Gasteiger partial charge in [-0.25, -0.2) is 13.4 Å². The third-order valence-electron chi connectivity index (χ3n) is 4.50. The maximum atomic E-state index is 12.7. The summed E-state index contributed by atoms with van der Waals surface area (Å²) in [4.78, 5) is 17.3. The number of amides is 1. The predicted molar refractivity (Wildman–Crippen MR) is 114 cm³/mol. The Hall–Kier alpha value is -2.51. The molecule has 146 valence electrons. The quantitative estimate of drug-likeness (QED) is 0.652. The van der Waals surface area contributed by atoms with E-state index in [9.17, 15) is 13.2 Å². The van der Waals surface area contributed by atoms with Crippen LogP contribution in [0.2, 0.25) is 0 Å². The minimum absolute atomic E-state index is 0.0389. The molecule has 0 unspecified atom stereocenters. The van der Waals surface area contributed by atoms with Crippen LogP contribution in [0.25, 0.3) is 11.3 Å². The van der Waals surface area contributed by atoms with Gasteiger partial charge in [0.15, 0.2) is 15.0 Å². The number of hydrogen-bond donors (Lipinski definition) is 1. The van der Waals surface area contributed by atoms with Gasteiger partial charge in [-0.15, -0.1) is 11.3 Å². The van der Waals surface area contributed by atoms with Crippen molar-refractivity contribution in [3.05, 3.63) is 64.0 Å². The molecule has 0 aliphatic carbocycles. The number of nitrogens with one attached hydrogen (secondary N) is 1. The van der Waals surface area contributed by atoms with Gasteiger partial charge in [0.1, 0.15) is 0 Å². The molecule has 7 heteroatoms. The van der Waals surface area contributed by atoms with Crippen LogP contribution in [0, 0.1) is 20.8 Å². The molecule has 5 nitrogen and oxygen atoms in total. The first-order chi connectivity index (χ1) is 13.2. The highest BCUT2D eigenvalue weighted by Gasteiger charge is 2.21. The Labute approximate surface area is 169 Å². The normalized spacial score (nSPS) is 11.4. The molecule has 0 aliphatic rings. The van der Waals surface area contributed by atoms with Gasteiger partial charge < -0.3 is 0 Å². The first-order valence-electron chi connectivity index (χ1n) is 8.90. The zero-order chi connectivity index (χ0) is 20.5. The number of aromatic nitrogens is 1. The zero-order valence-electron chi connectivity index (χ0n) is 16.2. The summed E-state index contributed by atoms with van der Waals surface area (Å²) in [7, 11) is -3.50. The Morgan fingerprint density at radius 3 is 2.39 bits per heavy atom. The van der Waals surface area contributed by atoms with Gasteiger partial charge in [0, 0.05) is 10.9 Å². The van der Waals surface area contributed by atoms with Gasteiger partial charge in [0.05, 0.1) is 21.9 Å². The van der Waals surface area contributed by atoms with Gasteiger partial charge in [-0.05, 0) is 44.0 Å². The van der Waals surface area contributed by atoms with E-state index >= 15 is 0 Å². The molecule has 0 radical (unpaired) electrons. The molecule has 0 saturated heterocycles. The standard InChI is InChI=1S/C21H22N2O3S2/c1-5-28(25,26)18-9-7-6-8-16(18)20(24)23-21-22-17(12-27-21)19-14(3)10-13(2)11-15(19)4/h6-12H,5H2,1-4H3,(H,22,23,24). The highest BCUT2D eigenvalue weighted by molar-refractivity contribution is 7.91. The summed E-state index contributed by atoms with van der Waals surface area (Å²) in [5, 5.41) is 5.07. The average molecular weight is 415 g/mol. The van der Waals surface area contributed by atoms with E-state index < -0.39 is 15.7 Å². The van der Waals surface area contributed by atoms with Crippen LogP contribution in [0.4, 0.5) is 5.13 Å². The molecule has 0 bridgehead atoms. The molecule has 28 heavy (non-hydrogen) atoms. The van der Waals surface area contributed by atoms with E-state index in [-0.39, 0.29) is 16.2 Å². The lowest BCUT2D eigenvalue weighted by molar-refractivity contribution is 0.102. The smallest absolute Gasteiger partial charge is 0.258 e. The van der Waals surface area contributed by atoms with E-state index in [0.29, 0.717) is 5.13 Å². The number of carbonyl (C=O) groups is 1. The van der Waals surface area contributed by atoms with Gasteiger partial charge in [-0.1, -0.05) is 36.8 Å². The third kappa shape index (κ3) is 4.00. The fourth-order valence-corrected chi connectivity index (χ4v) is 5.06. The van der Waals surface area contributed by atoms with E-state index in [2.05, 4.69) is 29.4 Å². The number of aryl methyl sites for hydroxylation is 3. The SMILES string of the molecule is CCS(=O)(=O)c1ccccc1C(=O)Nc1nc(-c2c(C)cc(C)cc2C)cs1. The van der Waals surface area contributed by atoms with E-state index in [4.69, 9.17) is 0 Å². The zero-order valence-corrected chi connectivity index (χ0v) is 17.9. The van der Waals surface area contributed by atoms with Crippen molar-refractivity contribution in [1.29, 1.82) is 0 Å². The number of rotatable bonds is 5. The second kappa shape index (κ2) is 7.85. The number of sulfone groups is 1. The first kappa shape index (κ1) is 20.2. The summed E-state index contributed by atoms with van der Waals surface area (Å²) < 4.78 is 24.6. The lowest BCUT2D eigenvalue weighted by atomic mass is 9.98. The van der Waals surface area contributed by atoms with Crippen molar-refractivity contribution in [3.8, 4) is 11.3 Å². The number of nitrogens with zero attached hydrogens (tertiary/aromatic N) is 1. The number of carbonyl (C=O) groups excluding carboxylic acids is 1. The maximum absolute atomic E-state index is 12.7. The molecule has 0 aliphatic heterocycles. The minimum atomic E-state index is -3.50. The highest BCUT2D eigenvalue weighted by atomic mass is 32.2. The molecular formula is C21H22N2O3S2. The third-order valence-corrected chi connectivity index (χ3v) is 7.05. The largest absolute Gasteiger partial charge is 0.298 e. The van der Waals surface area contributed by atoms with Gasteiger partial charge >= 0.3 is 0 Å². The molecular weight excluding hydrogens is 392 g/mol. The Morgan fingerprint density at radius 1 is 1.11 bits per heavy atom. The molecule has 3 rings (SSSR count). The van der Waals surface area contributed by atoms with Gasteiger partial charge in [-0.3, -0.25) is 10.1 Å². The highest BCUT2D eigenvalue weighted by Crippen LogP contribution is 2.31. The van der Waals surface area contributed by atoms with Crippen LogP contribution in [0.3, 0.4) is 0 Å². The van der Waals surface area contributed by atoms with Gasteiger partial charge in [0.2, 0.25) is 0 Å². The second-order valence-electron chi connectivity index (χ2n) is 6.67. The fourth-order valence-electron chi connectivity index (χ4n) is 3.28. The van der Waals surface area contributed by atoms with E-state index in [1.807, 2.05) is 19.2 Å². The van der Waals surface area contributed by atoms with Crippen molar-refractivity contribution in [2.75, 3.05) is 11.1 Å². The van der Waals surface area contributed by atoms with Crippen molar-refractivity contribution in [3.63, 3.8) is 0 Å². The maximum Gasteiger partial charge on any atom is 0.258 e. The molecule has 1 N–H and O–H groups in total. The summed E-state index contributed by atoms with van der Waals surface area (Å²) >= 11 is 1.32. The number of anilines is 1. The summed E-state index contributed by atoms with van der Waals surface area (Å²) in [6.45, 7) is 7.69. The summed E-state index contributed by atoms with van der Waals surface area (Å²) in [5.41, 5.74) is 5.42. The lowest BCUT2D eigenvalue weighted by Crippen LogP contribution is -2.17. The summed E-state index contributed by atoms with van der Waals surface area (Å²) in [6, 6.07) is 10.4. The molecule has 1 heterocycles. The van der Waals surface area contributed by atoms with E-state index in [1.54, 1.807) is 19.1 Å². The number of benzene rings is 2. The van der Waals surface area contributed by atoms with Crippen LogP contribution in [-0.4, -0.2) is 25.1 Å². The molecule has 1 amide bonds. The van der Waals surface area contributed by atoms with Crippen molar-refractivity contribution >= 4 is 32.2 Å². The average Bonchev–Trinajstić information content (AvgIpc) is 3.08. The Balaban J connectivity index is 1.91. The van der Waals surface area contributed by atoms with Crippen LogP contribution in [-0.2, 0) is 9.84 Å². The molecule has 0 fully saturated rings. The van der Waals surface area contributed by atoms with Crippen molar-refractivity contribution in [2.24, 2.45) is 0 Å². The van der Waals surface area contributed by atoms with Crippen molar-refractivity contribution in [2.45, 2.75) is 32.6 Å². The van der Waals surface area contributed by atoms with E-state index in [0.717, 1.165) is 22.4 Å². The minimum Gasteiger partial charge on any atom is -0.298 e. The molecule has 0 atom stereocenters. The first-order valence-corrected chi connectivity index (χ1v) is 11.4.